The number of hydrogen-bond acceptors (Lipinski definition) is 4. The number of piperidine rings is 1. The quantitative estimate of drug-likeness (QED) is 0.786. The first-order valence-electron chi connectivity index (χ1n) is 8.66. The first-order chi connectivity index (χ1) is 12.5. The number of amides is 1. The molecule has 1 aliphatic rings. The van der Waals surface area contributed by atoms with E-state index in [0.717, 1.165) is 18.5 Å². The minimum absolute atomic E-state index is 0.0195. The molecule has 1 unspecified atom stereocenters. The first kappa shape index (κ1) is 16.5. The number of benzene rings is 1. The fraction of sp³-hybridized carbons (Fsp3) is 0.316. The molecule has 0 radical (unpaired) electrons. The molecular weight excluding hydrogens is 333 g/mol. The molecular formula is C19H20FN5O. The third-order valence-electron chi connectivity index (χ3n) is 4.66. The van der Waals surface area contributed by atoms with Gasteiger partial charge in [-0.05, 0) is 31.9 Å². The second-order valence-electron chi connectivity index (χ2n) is 6.62. The normalized spacial score (nSPS) is 17.7. The third kappa shape index (κ3) is 2.89. The molecule has 0 saturated carbocycles. The maximum atomic E-state index is 14.1. The summed E-state index contributed by atoms with van der Waals surface area (Å²) in [5.41, 5.74) is 1.75. The number of aryl methyl sites for hydroxylation is 2. The summed E-state index contributed by atoms with van der Waals surface area (Å²) in [6.45, 7) is 2.47. The van der Waals surface area contributed by atoms with Crippen LogP contribution >= 0.6 is 0 Å². The fourth-order valence-corrected chi connectivity index (χ4v) is 3.43. The van der Waals surface area contributed by atoms with Crippen molar-refractivity contribution in [2.75, 3.05) is 16.8 Å². The highest BCUT2D eigenvalue weighted by Gasteiger charge is 2.31. The van der Waals surface area contributed by atoms with Crippen molar-refractivity contribution >= 4 is 28.3 Å². The molecule has 6 nitrogen and oxygen atoms in total. The van der Waals surface area contributed by atoms with Crippen LogP contribution in [0.1, 0.15) is 18.5 Å². The molecule has 0 bridgehead atoms. The number of rotatable bonds is 3. The van der Waals surface area contributed by atoms with Crippen LogP contribution in [-0.4, -0.2) is 33.3 Å². The van der Waals surface area contributed by atoms with Crippen LogP contribution in [-0.2, 0) is 11.8 Å². The zero-order chi connectivity index (χ0) is 18.3. The van der Waals surface area contributed by atoms with Crippen molar-refractivity contribution in [3.05, 3.63) is 48.0 Å². The van der Waals surface area contributed by atoms with Crippen molar-refractivity contribution in [3.8, 4) is 0 Å². The minimum atomic E-state index is -0.376. The number of pyridine rings is 1. The zero-order valence-electron chi connectivity index (χ0n) is 14.7. The first-order valence-corrected chi connectivity index (χ1v) is 8.66. The number of carbonyl (C=O) groups is 1. The highest BCUT2D eigenvalue weighted by Crippen LogP contribution is 2.28. The summed E-state index contributed by atoms with van der Waals surface area (Å²) >= 11 is 0. The average Bonchev–Trinajstić information content (AvgIpc) is 3.04. The molecule has 3 heterocycles. The summed E-state index contributed by atoms with van der Waals surface area (Å²) in [4.78, 5) is 18.9. The summed E-state index contributed by atoms with van der Waals surface area (Å²) in [5.74, 6) is 0.277. The number of aromatic nitrogens is 3. The number of carbonyl (C=O) groups excluding carboxylic acids is 1. The smallest absolute Gasteiger partial charge is 0.250 e. The molecule has 1 N–H and O–H groups in total. The Labute approximate surface area is 150 Å². The van der Waals surface area contributed by atoms with E-state index in [2.05, 4.69) is 15.4 Å². The van der Waals surface area contributed by atoms with Gasteiger partial charge in [0.1, 0.15) is 17.4 Å². The van der Waals surface area contributed by atoms with Gasteiger partial charge in [0.15, 0.2) is 5.82 Å². The van der Waals surface area contributed by atoms with Gasteiger partial charge in [0, 0.05) is 42.6 Å². The summed E-state index contributed by atoms with van der Waals surface area (Å²) in [7, 11) is 1.83. The fourth-order valence-electron chi connectivity index (χ4n) is 3.43. The SMILES string of the molecule is Cc1cc(NC2CCCN(c3ccn(C)n3)C2=O)c2cccc(F)c2n1. The highest BCUT2D eigenvalue weighted by molar-refractivity contribution is 6.00. The Morgan fingerprint density at radius 3 is 2.92 bits per heavy atom. The second-order valence-corrected chi connectivity index (χ2v) is 6.62. The Morgan fingerprint density at radius 2 is 2.15 bits per heavy atom. The van der Waals surface area contributed by atoms with E-state index in [4.69, 9.17) is 0 Å². The van der Waals surface area contributed by atoms with Crippen LogP contribution in [0.15, 0.2) is 36.5 Å². The molecule has 1 aromatic carbocycles. The molecule has 4 rings (SSSR count). The Bertz CT molecular complexity index is 983. The van der Waals surface area contributed by atoms with Gasteiger partial charge in [0.2, 0.25) is 0 Å². The van der Waals surface area contributed by atoms with Crippen molar-refractivity contribution in [1.29, 1.82) is 0 Å². The highest BCUT2D eigenvalue weighted by atomic mass is 19.1. The van der Waals surface area contributed by atoms with Gasteiger partial charge < -0.3 is 5.32 Å². The van der Waals surface area contributed by atoms with Gasteiger partial charge >= 0.3 is 0 Å². The Balaban J connectivity index is 1.66. The number of para-hydroxylation sites is 1. The van der Waals surface area contributed by atoms with Crippen LogP contribution < -0.4 is 10.2 Å². The van der Waals surface area contributed by atoms with Crippen LogP contribution in [0.25, 0.3) is 10.9 Å². The van der Waals surface area contributed by atoms with Gasteiger partial charge in [0.05, 0.1) is 0 Å². The number of halogens is 1. The largest absolute Gasteiger partial charge is 0.373 e. The standard InChI is InChI=1S/C19H20FN5O/c1-12-11-16(13-5-3-6-14(20)18(13)21-12)22-15-7-4-9-25(19(15)26)17-8-10-24(2)23-17/h3,5-6,8,10-11,15H,4,7,9H2,1-2H3,(H,21,22). The van der Waals surface area contributed by atoms with E-state index in [1.807, 2.05) is 38.4 Å². The van der Waals surface area contributed by atoms with Crippen LogP contribution in [0.4, 0.5) is 15.9 Å². The maximum absolute atomic E-state index is 14.1. The molecule has 134 valence electrons. The van der Waals surface area contributed by atoms with E-state index >= 15 is 0 Å². The third-order valence-corrected chi connectivity index (χ3v) is 4.66. The number of nitrogens with one attached hydrogen (secondary N) is 1. The van der Waals surface area contributed by atoms with Crippen molar-refractivity contribution in [3.63, 3.8) is 0 Å². The maximum Gasteiger partial charge on any atom is 0.250 e. The van der Waals surface area contributed by atoms with Crippen molar-refractivity contribution in [2.45, 2.75) is 25.8 Å². The van der Waals surface area contributed by atoms with E-state index in [-0.39, 0.29) is 17.8 Å². The number of hydrogen-bond donors (Lipinski definition) is 1. The topological polar surface area (TPSA) is 63.1 Å². The summed E-state index contributed by atoms with van der Waals surface area (Å²) in [5, 5.41) is 8.33. The molecule has 1 aliphatic heterocycles. The van der Waals surface area contributed by atoms with Crippen molar-refractivity contribution < 1.29 is 9.18 Å². The summed E-state index contributed by atoms with van der Waals surface area (Å²) in [6, 6.07) is 8.18. The van der Waals surface area contributed by atoms with E-state index in [0.29, 0.717) is 29.0 Å². The molecule has 7 heteroatoms. The van der Waals surface area contributed by atoms with Crippen molar-refractivity contribution in [1.82, 2.24) is 14.8 Å². The molecule has 1 fully saturated rings. The van der Waals surface area contributed by atoms with Crippen LogP contribution in [0.5, 0.6) is 0 Å². The molecule has 2 aromatic heterocycles. The van der Waals surface area contributed by atoms with Crippen molar-refractivity contribution in [2.24, 2.45) is 7.05 Å². The predicted octanol–water partition coefficient (Wildman–Crippen LogP) is 3.02. The summed E-state index contributed by atoms with van der Waals surface area (Å²) in [6.07, 6.45) is 3.42. The van der Waals surface area contributed by atoms with Gasteiger partial charge in [-0.2, -0.15) is 5.10 Å². The molecule has 0 aliphatic carbocycles. The number of fused-ring (bicyclic) bond motifs is 1. The molecule has 1 atom stereocenters. The van der Waals surface area contributed by atoms with Crippen LogP contribution in [0.2, 0.25) is 0 Å². The lowest BCUT2D eigenvalue weighted by molar-refractivity contribution is -0.120. The van der Waals surface area contributed by atoms with E-state index in [1.54, 1.807) is 15.6 Å². The number of nitrogens with zero attached hydrogens (tertiary/aromatic N) is 4. The lowest BCUT2D eigenvalue weighted by Crippen LogP contribution is -2.48. The van der Waals surface area contributed by atoms with E-state index in [9.17, 15) is 9.18 Å². The van der Waals surface area contributed by atoms with Gasteiger partial charge in [-0.1, -0.05) is 12.1 Å². The van der Waals surface area contributed by atoms with Gasteiger partial charge in [-0.25, -0.2) is 9.37 Å². The number of anilines is 2. The van der Waals surface area contributed by atoms with Gasteiger partial charge in [-0.3, -0.25) is 14.4 Å². The minimum Gasteiger partial charge on any atom is -0.373 e. The molecule has 0 spiro atoms. The second kappa shape index (κ2) is 6.40. The molecule has 3 aromatic rings. The molecule has 1 amide bonds. The van der Waals surface area contributed by atoms with Crippen LogP contribution in [0.3, 0.4) is 0 Å². The average molecular weight is 353 g/mol. The molecule has 1 saturated heterocycles. The van der Waals surface area contributed by atoms with E-state index < -0.39 is 0 Å². The van der Waals surface area contributed by atoms with Gasteiger partial charge in [-0.15, -0.1) is 0 Å². The van der Waals surface area contributed by atoms with Crippen LogP contribution in [0, 0.1) is 12.7 Å². The lowest BCUT2D eigenvalue weighted by atomic mass is 10.0. The van der Waals surface area contributed by atoms with Gasteiger partial charge in [0.25, 0.3) is 5.91 Å². The Morgan fingerprint density at radius 1 is 1.31 bits per heavy atom. The van der Waals surface area contributed by atoms with E-state index in [1.165, 1.54) is 6.07 Å². The predicted molar refractivity (Wildman–Crippen MR) is 98.6 cm³/mol. The molecule has 26 heavy (non-hydrogen) atoms. The Kier molecular flexibility index (Phi) is 4.06. The lowest BCUT2D eigenvalue weighted by Gasteiger charge is -2.32. The monoisotopic (exact) mass is 353 g/mol. The Hall–Kier alpha value is -2.96. The summed E-state index contributed by atoms with van der Waals surface area (Å²) < 4.78 is 15.8. The zero-order valence-corrected chi connectivity index (χ0v) is 14.7.